The van der Waals surface area contributed by atoms with Gasteiger partial charge in [0.2, 0.25) is 0 Å². The largest absolute Gasteiger partial charge is 0.417 e. The number of aliphatic hydroxyl groups is 1. The van der Waals surface area contributed by atoms with Gasteiger partial charge in [0.05, 0.1) is 16.2 Å². The number of nitrogens with zero attached hydrogens (tertiary/aromatic N) is 1. The molecule has 1 atom stereocenters. The van der Waals surface area contributed by atoms with Crippen molar-refractivity contribution >= 4 is 20.9 Å². The van der Waals surface area contributed by atoms with Crippen LogP contribution in [-0.4, -0.2) is 29.7 Å². The van der Waals surface area contributed by atoms with Crippen molar-refractivity contribution in [3.63, 3.8) is 0 Å². The molecule has 2 heterocycles. The van der Waals surface area contributed by atoms with Crippen LogP contribution in [-0.2, 0) is 21.6 Å². The van der Waals surface area contributed by atoms with Gasteiger partial charge >= 0.3 is 6.18 Å². The molecule has 1 saturated carbocycles. The van der Waals surface area contributed by atoms with Gasteiger partial charge in [-0.25, -0.2) is 13.4 Å². The molecule has 4 rings (SSSR count). The summed E-state index contributed by atoms with van der Waals surface area (Å²) in [5.41, 5.74) is -2.15. The zero-order chi connectivity index (χ0) is 21.7. The topological polar surface area (TPSA) is 83.1 Å². The van der Waals surface area contributed by atoms with Crippen molar-refractivity contribution in [1.29, 1.82) is 0 Å². The zero-order valence-corrected chi connectivity index (χ0v) is 17.0. The van der Waals surface area contributed by atoms with Crippen molar-refractivity contribution in [2.75, 3.05) is 6.26 Å². The Morgan fingerprint density at radius 3 is 2.50 bits per heavy atom. The first kappa shape index (κ1) is 20.9. The van der Waals surface area contributed by atoms with Gasteiger partial charge in [-0.3, -0.25) is 0 Å². The molecule has 1 fully saturated rings. The molecule has 0 radical (unpaired) electrons. The summed E-state index contributed by atoms with van der Waals surface area (Å²) in [6.45, 7) is 0. The van der Waals surface area contributed by atoms with E-state index in [-0.39, 0.29) is 17.9 Å². The summed E-state index contributed by atoms with van der Waals surface area (Å²) in [7, 11) is -4.10. The number of sulfone groups is 1. The first-order valence-corrected chi connectivity index (χ1v) is 11.5. The minimum Gasteiger partial charge on any atom is -0.379 e. The van der Waals surface area contributed by atoms with Crippen LogP contribution in [0.4, 0.5) is 13.2 Å². The van der Waals surface area contributed by atoms with Crippen molar-refractivity contribution in [2.45, 2.75) is 42.4 Å². The van der Waals surface area contributed by atoms with Crippen molar-refractivity contribution in [3.05, 3.63) is 59.4 Å². The van der Waals surface area contributed by atoms with E-state index >= 15 is 0 Å². The van der Waals surface area contributed by atoms with E-state index < -0.39 is 32.1 Å². The Kier molecular flexibility index (Phi) is 4.93. The summed E-state index contributed by atoms with van der Waals surface area (Å²) in [5.74, 6) is 0.165. The Morgan fingerprint density at radius 2 is 1.93 bits per heavy atom. The molecule has 30 heavy (non-hydrogen) atoms. The highest BCUT2D eigenvalue weighted by atomic mass is 32.2. The maximum atomic E-state index is 13.7. The second-order valence-electron chi connectivity index (χ2n) is 7.97. The number of hydrogen-bond acceptors (Lipinski definition) is 4. The molecule has 9 heteroatoms. The number of H-pyrrole nitrogens is 1. The lowest BCUT2D eigenvalue weighted by Gasteiger charge is -2.36. The lowest BCUT2D eigenvalue weighted by molar-refractivity contribution is -0.140. The number of aromatic nitrogens is 2. The second-order valence-corrected chi connectivity index (χ2v) is 9.95. The summed E-state index contributed by atoms with van der Waals surface area (Å²) in [5, 5.41) is 12.4. The molecule has 2 N–H and O–H groups in total. The lowest BCUT2D eigenvalue weighted by atomic mass is 9.73. The van der Waals surface area contributed by atoms with Gasteiger partial charge in [0.25, 0.3) is 0 Å². The van der Waals surface area contributed by atoms with Crippen LogP contribution >= 0.6 is 0 Å². The monoisotopic (exact) mass is 438 g/mol. The number of nitrogens with one attached hydrogen (secondary N) is 1. The SMILES string of the molecule is CS(=O)(=O)c1ccc(C(O)(CC2CCC2)c2cc3cccnc3[nH]2)cc1C(F)(F)F. The van der Waals surface area contributed by atoms with Crippen molar-refractivity contribution in [1.82, 2.24) is 9.97 Å². The van der Waals surface area contributed by atoms with E-state index in [0.717, 1.165) is 43.0 Å². The Morgan fingerprint density at radius 1 is 1.20 bits per heavy atom. The molecule has 160 valence electrons. The van der Waals surface area contributed by atoms with Crippen LogP contribution in [0, 0.1) is 5.92 Å². The van der Waals surface area contributed by atoms with E-state index in [0.29, 0.717) is 11.3 Å². The maximum absolute atomic E-state index is 13.7. The molecule has 1 unspecified atom stereocenters. The van der Waals surface area contributed by atoms with Crippen LogP contribution in [0.3, 0.4) is 0 Å². The number of halogens is 3. The van der Waals surface area contributed by atoms with Gasteiger partial charge in [0.15, 0.2) is 9.84 Å². The van der Waals surface area contributed by atoms with Gasteiger partial charge in [-0.2, -0.15) is 13.2 Å². The molecule has 1 aromatic carbocycles. The van der Waals surface area contributed by atoms with Crippen LogP contribution in [0.2, 0.25) is 0 Å². The third kappa shape index (κ3) is 3.72. The quantitative estimate of drug-likeness (QED) is 0.618. The van der Waals surface area contributed by atoms with Crippen LogP contribution in [0.1, 0.15) is 42.5 Å². The highest BCUT2D eigenvalue weighted by Crippen LogP contribution is 2.44. The van der Waals surface area contributed by atoms with Crippen LogP contribution in [0.25, 0.3) is 11.0 Å². The predicted molar refractivity (Wildman–Crippen MR) is 106 cm³/mol. The number of fused-ring (bicyclic) bond motifs is 1. The third-order valence-corrected chi connectivity index (χ3v) is 6.96. The molecule has 2 aromatic heterocycles. The molecule has 5 nitrogen and oxygen atoms in total. The van der Waals surface area contributed by atoms with E-state index in [1.807, 2.05) is 0 Å². The molecule has 0 spiro atoms. The number of alkyl halides is 3. The fraction of sp³-hybridized carbons (Fsp3) is 0.381. The fourth-order valence-corrected chi connectivity index (χ4v) is 4.90. The number of pyridine rings is 1. The van der Waals surface area contributed by atoms with Gasteiger partial charge in [0, 0.05) is 17.8 Å². The van der Waals surface area contributed by atoms with E-state index in [1.54, 1.807) is 24.4 Å². The van der Waals surface area contributed by atoms with Crippen molar-refractivity contribution in [2.24, 2.45) is 5.92 Å². The fourth-order valence-electron chi connectivity index (χ4n) is 4.01. The van der Waals surface area contributed by atoms with Crippen molar-refractivity contribution in [3.8, 4) is 0 Å². The molecule has 1 aliphatic carbocycles. The molecular formula is C21H21F3N2O3S. The number of aromatic amines is 1. The summed E-state index contributed by atoms with van der Waals surface area (Å²) in [6, 6.07) is 8.16. The van der Waals surface area contributed by atoms with Crippen molar-refractivity contribution < 1.29 is 26.7 Å². The minimum atomic E-state index is -4.88. The van der Waals surface area contributed by atoms with Gasteiger partial charge in [-0.1, -0.05) is 25.3 Å². The molecule has 0 saturated heterocycles. The van der Waals surface area contributed by atoms with Crippen LogP contribution < -0.4 is 0 Å². The van der Waals surface area contributed by atoms with E-state index in [9.17, 15) is 26.7 Å². The Labute approximate surface area is 171 Å². The highest BCUT2D eigenvalue weighted by molar-refractivity contribution is 7.90. The Hall–Kier alpha value is -2.39. The first-order valence-electron chi connectivity index (χ1n) is 9.57. The van der Waals surface area contributed by atoms with Gasteiger partial charge < -0.3 is 10.1 Å². The third-order valence-electron chi connectivity index (χ3n) is 5.81. The Bertz CT molecular complexity index is 1170. The second kappa shape index (κ2) is 7.09. The van der Waals surface area contributed by atoms with Gasteiger partial charge in [0.1, 0.15) is 11.2 Å². The smallest absolute Gasteiger partial charge is 0.379 e. The normalized spacial score (nSPS) is 17.6. The van der Waals surface area contributed by atoms with Crippen LogP contribution in [0.15, 0.2) is 47.5 Å². The zero-order valence-electron chi connectivity index (χ0n) is 16.2. The van der Waals surface area contributed by atoms with E-state index in [2.05, 4.69) is 9.97 Å². The standard InChI is InChI=1S/C21H21F3N2O3S/c1-30(28,29)17-8-7-15(11-16(17)21(22,23)24)20(27,12-13-4-2-5-13)18-10-14-6-3-9-25-19(14)26-18/h3,6-11,13,27H,2,4-5,12H2,1H3,(H,25,26). The molecule has 0 bridgehead atoms. The van der Waals surface area contributed by atoms with E-state index in [4.69, 9.17) is 0 Å². The molecule has 0 aliphatic heterocycles. The summed E-state index contributed by atoms with van der Waals surface area (Å²) in [4.78, 5) is 6.43. The summed E-state index contributed by atoms with van der Waals surface area (Å²) in [6.07, 6.45) is 0.444. The average molecular weight is 438 g/mol. The molecular weight excluding hydrogens is 417 g/mol. The van der Waals surface area contributed by atoms with Gasteiger partial charge in [-0.05, 0) is 48.2 Å². The Balaban J connectivity index is 1.91. The maximum Gasteiger partial charge on any atom is 0.417 e. The summed E-state index contributed by atoms with van der Waals surface area (Å²) >= 11 is 0. The number of rotatable bonds is 5. The van der Waals surface area contributed by atoms with Crippen LogP contribution in [0.5, 0.6) is 0 Å². The molecule has 3 aromatic rings. The summed E-state index contributed by atoms with van der Waals surface area (Å²) < 4.78 is 64.9. The average Bonchev–Trinajstić information content (AvgIpc) is 3.07. The number of benzene rings is 1. The lowest BCUT2D eigenvalue weighted by Crippen LogP contribution is -2.33. The predicted octanol–water partition coefficient (Wildman–Crippen LogP) is 4.41. The highest BCUT2D eigenvalue weighted by Gasteiger charge is 2.42. The first-order chi connectivity index (χ1) is 14.0. The number of hydrogen-bond donors (Lipinski definition) is 2. The minimum absolute atomic E-state index is 0.000631. The van der Waals surface area contributed by atoms with E-state index in [1.165, 1.54) is 6.07 Å². The molecule has 1 aliphatic rings. The molecule has 0 amide bonds. The van der Waals surface area contributed by atoms with Gasteiger partial charge in [-0.15, -0.1) is 0 Å².